The predicted molar refractivity (Wildman–Crippen MR) is 82.0 cm³/mol. The SMILES string of the molecule is Cn1nncc1CNC(=O)C1CCCN(c2ccccn2)C1. The van der Waals surface area contributed by atoms with E-state index in [0.29, 0.717) is 13.1 Å². The van der Waals surface area contributed by atoms with Gasteiger partial charge in [0.25, 0.3) is 0 Å². The van der Waals surface area contributed by atoms with Crippen LogP contribution in [0.4, 0.5) is 5.82 Å². The van der Waals surface area contributed by atoms with Crippen LogP contribution in [0.15, 0.2) is 30.6 Å². The molecule has 2 aromatic rings. The van der Waals surface area contributed by atoms with Crippen molar-refractivity contribution in [2.45, 2.75) is 19.4 Å². The summed E-state index contributed by atoms with van der Waals surface area (Å²) in [5, 5.41) is 10.6. The first-order valence-electron chi connectivity index (χ1n) is 7.51. The van der Waals surface area contributed by atoms with Crippen LogP contribution in [0.1, 0.15) is 18.5 Å². The van der Waals surface area contributed by atoms with Crippen molar-refractivity contribution in [3.8, 4) is 0 Å². The standard InChI is InChI=1S/C15H20N6O/c1-20-13(10-18-19-20)9-17-15(22)12-5-4-8-21(11-12)14-6-2-3-7-16-14/h2-3,6-7,10,12H,4-5,8-9,11H2,1H3,(H,17,22). The van der Waals surface area contributed by atoms with Crippen molar-refractivity contribution in [1.82, 2.24) is 25.3 Å². The second-order valence-electron chi connectivity index (χ2n) is 5.54. The number of nitrogens with zero attached hydrogens (tertiary/aromatic N) is 5. The number of aromatic nitrogens is 4. The Balaban J connectivity index is 1.57. The molecule has 1 N–H and O–H groups in total. The lowest BCUT2D eigenvalue weighted by molar-refractivity contribution is -0.125. The fourth-order valence-electron chi connectivity index (χ4n) is 2.73. The highest BCUT2D eigenvalue weighted by Gasteiger charge is 2.26. The van der Waals surface area contributed by atoms with Crippen LogP contribution < -0.4 is 10.2 Å². The second-order valence-corrected chi connectivity index (χ2v) is 5.54. The molecule has 7 heteroatoms. The van der Waals surface area contributed by atoms with E-state index in [2.05, 4.69) is 25.5 Å². The summed E-state index contributed by atoms with van der Waals surface area (Å²) in [5.74, 6) is 1.02. The minimum absolute atomic E-state index is 0.00283. The van der Waals surface area contributed by atoms with Gasteiger partial charge in [-0.15, -0.1) is 5.10 Å². The quantitative estimate of drug-likeness (QED) is 0.901. The lowest BCUT2D eigenvalue weighted by Crippen LogP contribution is -2.43. The van der Waals surface area contributed by atoms with E-state index in [1.165, 1.54) is 0 Å². The van der Waals surface area contributed by atoms with Crippen LogP contribution >= 0.6 is 0 Å². The Labute approximate surface area is 129 Å². The van der Waals surface area contributed by atoms with Crippen LogP contribution in [0.5, 0.6) is 0 Å². The van der Waals surface area contributed by atoms with Gasteiger partial charge in [-0.25, -0.2) is 4.98 Å². The average molecular weight is 300 g/mol. The molecule has 3 rings (SSSR count). The predicted octanol–water partition coefficient (Wildman–Crippen LogP) is 0.743. The number of aryl methyl sites for hydroxylation is 1. The van der Waals surface area contributed by atoms with Gasteiger partial charge in [-0.05, 0) is 25.0 Å². The number of hydrogen-bond donors (Lipinski definition) is 1. The summed E-state index contributed by atoms with van der Waals surface area (Å²) in [5.41, 5.74) is 0.894. The summed E-state index contributed by atoms with van der Waals surface area (Å²) in [6.45, 7) is 2.13. The molecule has 1 fully saturated rings. The molecular formula is C15H20N6O. The number of carbonyl (C=O) groups excluding carboxylic acids is 1. The first kappa shape index (κ1) is 14.5. The molecule has 1 saturated heterocycles. The molecule has 0 aromatic carbocycles. The molecule has 1 unspecified atom stereocenters. The number of amides is 1. The summed E-state index contributed by atoms with van der Waals surface area (Å²) in [7, 11) is 1.82. The molecule has 0 radical (unpaired) electrons. The van der Waals surface area contributed by atoms with Crippen molar-refractivity contribution >= 4 is 11.7 Å². The van der Waals surface area contributed by atoms with E-state index in [9.17, 15) is 4.79 Å². The fraction of sp³-hybridized carbons (Fsp3) is 0.467. The zero-order valence-corrected chi connectivity index (χ0v) is 12.6. The van der Waals surface area contributed by atoms with Crippen LogP contribution in [0.3, 0.4) is 0 Å². The van der Waals surface area contributed by atoms with E-state index in [1.807, 2.05) is 25.2 Å². The number of nitrogens with one attached hydrogen (secondary N) is 1. The molecule has 1 atom stereocenters. The molecule has 2 aromatic heterocycles. The van der Waals surface area contributed by atoms with E-state index >= 15 is 0 Å². The maximum Gasteiger partial charge on any atom is 0.225 e. The number of hydrogen-bond acceptors (Lipinski definition) is 5. The van der Waals surface area contributed by atoms with E-state index in [4.69, 9.17) is 0 Å². The minimum atomic E-state index is -0.00283. The lowest BCUT2D eigenvalue weighted by atomic mass is 9.97. The Morgan fingerprint density at radius 3 is 3.09 bits per heavy atom. The summed E-state index contributed by atoms with van der Waals surface area (Å²) >= 11 is 0. The number of piperidine rings is 1. The van der Waals surface area contributed by atoms with Crippen LogP contribution in [0.25, 0.3) is 0 Å². The van der Waals surface area contributed by atoms with Crippen molar-refractivity contribution < 1.29 is 4.79 Å². The van der Waals surface area contributed by atoms with Gasteiger partial charge in [0.15, 0.2) is 0 Å². The van der Waals surface area contributed by atoms with Gasteiger partial charge in [0.1, 0.15) is 5.82 Å². The van der Waals surface area contributed by atoms with Gasteiger partial charge in [-0.3, -0.25) is 9.48 Å². The highest BCUT2D eigenvalue weighted by atomic mass is 16.1. The normalized spacial score (nSPS) is 18.2. The van der Waals surface area contributed by atoms with Gasteiger partial charge in [0.2, 0.25) is 5.91 Å². The van der Waals surface area contributed by atoms with E-state index in [0.717, 1.165) is 30.9 Å². The third kappa shape index (κ3) is 3.24. The third-order valence-corrected chi connectivity index (χ3v) is 4.02. The highest BCUT2D eigenvalue weighted by Crippen LogP contribution is 2.21. The molecule has 22 heavy (non-hydrogen) atoms. The van der Waals surface area contributed by atoms with E-state index in [1.54, 1.807) is 17.1 Å². The molecule has 0 bridgehead atoms. The summed E-state index contributed by atoms with van der Waals surface area (Å²) in [4.78, 5) is 18.9. The van der Waals surface area contributed by atoms with Crippen LogP contribution in [0, 0.1) is 5.92 Å². The maximum atomic E-state index is 12.4. The van der Waals surface area contributed by atoms with E-state index < -0.39 is 0 Å². The van der Waals surface area contributed by atoms with Gasteiger partial charge in [-0.1, -0.05) is 11.3 Å². The minimum Gasteiger partial charge on any atom is -0.356 e. The summed E-state index contributed by atoms with van der Waals surface area (Å²) in [6, 6.07) is 5.86. The molecule has 1 amide bonds. The Hall–Kier alpha value is -2.44. The van der Waals surface area contributed by atoms with Crippen molar-refractivity contribution in [3.05, 3.63) is 36.3 Å². The maximum absolute atomic E-state index is 12.4. The Bertz CT molecular complexity index is 626. The van der Waals surface area contributed by atoms with Gasteiger partial charge >= 0.3 is 0 Å². The summed E-state index contributed by atoms with van der Waals surface area (Å²) < 4.78 is 1.67. The van der Waals surface area contributed by atoms with E-state index in [-0.39, 0.29) is 11.8 Å². The van der Waals surface area contributed by atoms with Gasteiger partial charge < -0.3 is 10.2 Å². The van der Waals surface area contributed by atoms with Crippen LogP contribution in [-0.2, 0) is 18.4 Å². The monoisotopic (exact) mass is 300 g/mol. The smallest absolute Gasteiger partial charge is 0.225 e. The lowest BCUT2D eigenvalue weighted by Gasteiger charge is -2.32. The molecule has 1 aliphatic heterocycles. The van der Waals surface area contributed by atoms with Crippen LogP contribution in [0.2, 0.25) is 0 Å². The van der Waals surface area contributed by atoms with Crippen LogP contribution in [-0.4, -0.2) is 39.0 Å². The van der Waals surface area contributed by atoms with Gasteiger partial charge in [0.05, 0.1) is 24.4 Å². The first-order valence-corrected chi connectivity index (χ1v) is 7.51. The number of carbonyl (C=O) groups is 1. The largest absolute Gasteiger partial charge is 0.356 e. The molecule has 1 aliphatic rings. The van der Waals surface area contributed by atoms with Crippen molar-refractivity contribution in [2.75, 3.05) is 18.0 Å². The average Bonchev–Trinajstić information content (AvgIpc) is 2.99. The topological polar surface area (TPSA) is 75.9 Å². The molecule has 116 valence electrons. The Morgan fingerprint density at radius 1 is 1.45 bits per heavy atom. The first-order chi connectivity index (χ1) is 10.7. The zero-order valence-electron chi connectivity index (χ0n) is 12.6. The van der Waals surface area contributed by atoms with Crippen molar-refractivity contribution in [1.29, 1.82) is 0 Å². The molecule has 0 spiro atoms. The summed E-state index contributed by atoms with van der Waals surface area (Å²) in [6.07, 6.45) is 5.37. The molecule has 7 nitrogen and oxygen atoms in total. The molecule has 0 saturated carbocycles. The zero-order chi connectivity index (χ0) is 15.4. The Kier molecular flexibility index (Phi) is 4.32. The van der Waals surface area contributed by atoms with Crippen molar-refractivity contribution in [3.63, 3.8) is 0 Å². The second kappa shape index (κ2) is 6.55. The number of rotatable bonds is 4. The fourth-order valence-corrected chi connectivity index (χ4v) is 2.73. The Morgan fingerprint density at radius 2 is 2.36 bits per heavy atom. The van der Waals surface area contributed by atoms with Crippen molar-refractivity contribution in [2.24, 2.45) is 13.0 Å². The molecular weight excluding hydrogens is 280 g/mol. The van der Waals surface area contributed by atoms with Gasteiger partial charge in [0, 0.05) is 26.3 Å². The molecule has 0 aliphatic carbocycles. The third-order valence-electron chi connectivity index (χ3n) is 4.02. The molecule has 3 heterocycles. The number of pyridine rings is 1. The number of anilines is 1. The highest BCUT2D eigenvalue weighted by molar-refractivity contribution is 5.79. The van der Waals surface area contributed by atoms with Gasteiger partial charge in [-0.2, -0.15) is 0 Å².